The van der Waals surface area contributed by atoms with Crippen LogP contribution < -0.4 is 0 Å². The van der Waals surface area contributed by atoms with Gasteiger partial charge in [-0.1, -0.05) is 237 Å². The lowest BCUT2D eigenvalue weighted by atomic mass is 10.1. The quantitative estimate of drug-likeness (QED) is 0.0261. The van der Waals surface area contributed by atoms with Crippen molar-refractivity contribution in [2.75, 3.05) is 13.2 Å². The molecule has 0 radical (unpaired) electrons. The van der Waals surface area contributed by atoms with E-state index in [2.05, 4.69) is 167 Å². The van der Waals surface area contributed by atoms with Crippen LogP contribution in [0.4, 0.5) is 0 Å². The second-order valence-corrected chi connectivity index (χ2v) is 19.9. The lowest BCUT2D eigenvalue weighted by molar-refractivity contribution is -0.167. The zero-order valence-electron chi connectivity index (χ0n) is 49.0. The first-order valence-corrected chi connectivity index (χ1v) is 30.8. The predicted octanol–water partition coefficient (Wildman–Crippen LogP) is 21.2. The largest absolute Gasteiger partial charge is 0.462 e. The third-order valence-corrected chi connectivity index (χ3v) is 12.5. The molecule has 0 aliphatic rings. The summed E-state index contributed by atoms with van der Waals surface area (Å²) < 4.78 is 16.8. The molecule has 0 saturated heterocycles. The monoisotopic (exact) mass is 1050 g/mol. The molecule has 0 N–H and O–H groups in total. The van der Waals surface area contributed by atoms with Crippen LogP contribution in [-0.4, -0.2) is 37.2 Å². The van der Waals surface area contributed by atoms with Crippen LogP contribution in [0.2, 0.25) is 0 Å². The average molecular weight is 1050 g/mol. The Labute approximate surface area is 467 Å². The molecular weight excluding hydrogens is 937 g/mol. The van der Waals surface area contributed by atoms with E-state index in [1.165, 1.54) is 70.6 Å². The van der Waals surface area contributed by atoms with E-state index in [9.17, 15) is 14.4 Å². The third kappa shape index (κ3) is 60.2. The van der Waals surface area contributed by atoms with E-state index < -0.39 is 6.10 Å². The van der Waals surface area contributed by atoms with Gasteiger partial charge in [0.15, 0.2) is 6.10 Å². The van der Waals surface area contributed by atoms with Crippen molar-refractivity contribution in [1.82, 2.24) is 0 Å². The van der Waals surface area contributed by atoms with Crippen LogP contribution in [0.15, 0.2) is 146 Å². The number of unbranched alkanes of at least 4 members (excludes halogenated alkanes) is 19. The summed E-state index contributed by atoms with van der Waals surface area (Å²) in [7, 11) is 0. The molecule has 1 unspecified atom stereocenters. The maximum absolute atomic E-state index is 12.8. The molecule has 0 aromatic rings. The number of carbonyl (C=O) groups is 3. The Morgan fingerprint density at radius 1 is 0.276 bits per heavy atom. The Kier molecular flexibility index (Phi) is 58.9. The molecule has 428 valence electrons. The van der Waals surface area contributed by atoms with Crippen molar-refractivity contribution in [3.8, 4) is 0 Å². The van der Waals surface area contributed by atoms with Crippen molar-refractivity contribution in [2.45, 2.75) is 264 Å². The minimum atomic E-state index is -0.808. The average Bonchev–Trinajstić information content (AvgIpc) is 3.42. The van der Waals surface area contributed by atoms with Crippen molar-refractivity contribution in [3.63, 3.8) is 0 Å². The van der Waals surface area contributed by atoms with Gasteiger partial charge < -0.3 is 14.2 Å². The molecule has 1 atom stereocenters. The lowest BCUT2D eigenvalue weighted by Crippen LogP contribution is -2.30. The molecule has 0 aliphatic heterocycles. The van der Waals surface area contributed by atoms with Crippen LogP contribution in [0.3, 0.4) is 0 Å². The van der Waals surface area contributed by atoms with Gasteiger partial charge in [-0.15, -0.1) is 0 Å². The first kappa shape index (κ1) is 71.3. The molecule has 0 fully saturated rings. The van der Waals surface area contributed by atoms with Crippen LogP contribution in [-0.2, 0) is 28.6 Å². The zero-order chi connectivity index (χ0) is 55.0. The highest BCUT2D eigenvalue weighted by Gasteiger charge is 2.19. The molecule has 6 heteroatoms. The van der Waals surface area contributed by atoms with Crippen LogP contribution in [0.1, 0.15) is 258 Å². The number of esters is 3. The maximum Gasteiger partial charge on any atom is 0.306 e. The highest BCUT2D eigenvalue weighted by atomic mass is 16.6. The van der Waals surface area contributed by atoms with E-state index in [0.29, 0.717) is 25.7 Å². The summed E-state index contributed by atoms with van der Waals surface area (Å²) in [5, 5.41) is 0. The van der Waals surface area contributed by atoms with Gasteiger partial charge >= 0.3 is 17.9 Å². The second-order valence-electron chi connectivity index (χ2n) is 19.9. The molecule has 0 bridgehead atoms. The Balaban J connectivity index is 4.35. The van der Waals surface area contributed by atoms with Gasteiger partial charge in [0.2, 0.25) is 0 Å². The second kappa shape index (κ2) is 62.8. The number of hydrogen-bond acceptors (Lipinski definition) is 6. The van der Waals surface area contributed by atoms with Crippen molar-refractivity contribution >= 4 is 17.9 Å². The molecule has 0 aromatic heterocycles. The van der Waals surface area contributed by atoms with Gasteiger partial charge in [0.05, 0.1) is 0 Å². The van der Waals surface area contributed by atoms with Gasteiger partial charge in [0.1, 0.15) is 13.2 Å². The number of allylic oxidation sites excluding steroid dienone is 24. The van der Waals surface area contributed by atoms with Crippen LogP contribution in [0.5, 0.6) is 0 Å². The highest BCUT2D eigenvalue weighted by molar-refractivity contribution is 5.71. The molecule has 0 heterocycles. The van der Waals surface area contributed by atoms with Crippen molar-refractivity contribution in [2.24, 2.45) is 0 Å². The molecule has 0 aromatic carbocycles. The Hall–Kier alpha value is -4.71. The fourth-order valence-electron chi connectivity index (χ4n) is 7.93. The van der Waals surface area contributed by atoms with Gasteiger partial charge in [-0.3, -0.25) is 14.4 Å². The van der Waals surface area contributed by atoms with Crippen molar-refractivity contribution < 1.29 is 28.6 Å². The van der Waals surface area contributed by atoms with E-state index in [1.807, 2.05) is 0 Å². The SMILES string of the molecule is CC/C=C\C/C=C\C/C=C\C/C=C\C/C=C\C/C=C\C/C=C\C/C=C\C/C=C\C/C=C\CCCCC(=O)OCC(COC(=O)CCCCCCC/C=C\CCCCC)OC(=O)CCCCCCC/C=C\CCCCCC. The fourth-order valence-corrected chi connectivity index (χ4v) is 7.93. The fraction of sp³-hybridized carbons (Fsp3) is 0.614. The lowest BCUT2D eigenvalue weighted by Gasteiger charge is -2.18. The summed E-state index contributed by atoms with van der Waals surface area (Å²) in [6.45, 7) is 6.42. The Morgan fingerprint density at radius 2 is 0.513 bits per heavy atom. The van der Waals surface area contributed by atoms with Gasteiger partial charge in [-0.05, 0) is 148 Å². The summed E-state index contributed by atoms with van der Waals surface area (Å²) in [6, 6.07) is 0. The summed E-state index contributed by atoms with van der Waals surface area (Å²) in [5.74, 6) is -0.971. The molecule has 6 nitrogen and oxygen atoms in total. The van der Waals surface area contributed by atoms with Crippen LogP contribution in [0, 0.1) is 0 Å². The van der Waals surface area contributed by atoms with Crippen LogP contribution in [0.25, 0.3) is 0 Å². The molecule has 0 rings (SSSR count). The molecule has 76 heavy (non-hydrogen) atoms. The maximum atomic E-state index is 12.8. The molecular formula is C70H112O6. The van der Waals surface area contributed by atoms with E-state index in [-0.39, 0.29) is 31.1 Å². The molecule has 0 amide bonds. The number of rotatable bonds is 54. The Morgan fingerprint density at radius 3 is 0.868 bits per heavy atom. The summed E-state index contributed by atoms with van der Waals surface area (Å²) in [6.07, 6.45) is 90.0. The third-order valence-electron chi connectivity index (χ3n) is 12.5. The zero-order valence-corrected chi connectivity index (χ0v) is 49.0. The van der Waals surface area contributed by atoms with Crippen LogP contribution >= 0.6 is 0 Å². The van der Waals surface area contributed by atoms with E-state index in [4.69, 9.17) is 14.2 Å². The van der Waals surface area contributed by atoms with Gasteiger partial charge in [-0.2, -0.15) is 0 Å². The van der Waals surface area contributed by atoms with Gasteiger partial charge in [0.25, 0.3) is 0 Å². The van der Waals surface area contributed by atoms with E-state index in [1.54, 1.807) is 0 Å². The standard InChI is InChI=1S/C70H112O6/c1-4-7-10-13-16-19-22-25-26-27-28-29-30-31-32-33-34-35-36-37-38-39-40-41-42-43-44-46-48-51-54-57-60-63-69(72)75-66-67(65-74-68(71)62-59-56-53-50-47-24-21-18-15-12-9-6-3)76-70(73)64-61-58-55-52-49-45-23-20-17-14-11-8-5-2/h7,10,16,18-21,23,25-26,28-29,31-32,34-35,37-38,40-41,43-44,48,51,67H,4-6,8-9,11-15,17,22,24,27,30,33,36,39,42,45-47,49-50,52-66H2,1-3H3/b10-7-,19-16-,21-18-,23-20-,26-25-,29-28-,32-31-,35-34-,38-37-,41-40-,44-43-,51-48-. The summed E-state index contributed by atoms with van der Waals surface area (Å²) in [4.78, 5) is 38.1. The summed E-state index contributed by atoms with van der Waals surface area (Å²) in [5.41, 5.74) is 0. The van der Waals surface area contributed by atoms with E-state index >= 15 is 0 Å². The first-order valence-electron chi connectivity index (χ1n) is 30.8. The highest BCUT2D eigenvalue weighted by Crippen LogP contribution is 2.13. The molecule has 0 saturated carbocycles. The van der Waals surface area contributed by atoms with E-state index in [0.717, 1.165) is 141 Å². The summed E-state index contributed by atoms with van der Waals surface area (Å²) >= 11 is 0. The predicted molar refractivity (Wildman–Crippen MR) is 329 cm³/mol. The molecule has 0 aliphatic carbocycles. The normalized spacial score (nSPS) is 13.1. The number of carbonyl (C=O) groups excluding carboxylic acids is 3. The minimum Gasteiger partial charge on any atom is -0.462 e. The van der Waals surface area contributed by atoms with Gasteiger partial charge in [0, 0.05) is 19.3 Å². The smallest absolute Gasteiger partial charge is 0.306 e. The number of ether oxygens (including phenoxy) is 3. The molecule has 0 spiro atoms. The van der Waals surface area contributed by atoms with Crippen molar-refractivity contribution in [3.05, 3.63) is 146 Å². The van der Waals surface area contributed by atoms with Crippen molar-refractivity contribution in [1.29, 1.82) is 0 Å². The topological polar surface area (TPSA) is 78.9 Å². The van der Waals surface area contributed by atoms with Gasteiger partial charge in [-0.25, -0.2) is 0 Å². The Bertz CT molecular complexity index is 1680. The first-order chi connectivity index (χ1) is 37.5. The number of hydrogen-bond donors (Lipinski definition) is 0. The minimum absolute atomic E-state index is 0.103.